The Morgan fingerprint density at radius 3 is 2.28 bits per heavy atom. The number of hydrogen-bond donors (Lipinski definition) is 3. The van der Waals surface area contributed by atoms with E-state index in [1.165, 1.54) is 36.5 Å². The van der Waals surface area contributed by atoms with Gasteiger partial charge < -0.3 is 10.1 Å². The number of alkyl halides is 3. The number of carbonyl (C=O) groups excluding carboxylic acids is 1. The normalized spacial score (nSPS) is 12.9. The van der Waals surface area contributed by atoms with E-state index in [-0.39, 0.29) is 16.8 Å². The van der Waals surface area contributed by atoms with E-state index in [1.807, 2.05) is 0 Å². The molecule has 0 bridgehead atoms. The minimum atomic E-state index is -3.83. The van der Waals surface area contributed by atoms with Crippen LogP contribution in [0.2, 0.25) is 0 Å². The maximum atomic E-state index is 12.4. The third-order valence-electron chi connectivity index (χ3n) is 3.31. The van der Waals surface area contributed by atoms with Crippen LogP contribution in [0, 0.1) is 0 Å². The summed E-state index contributed by atoms with van der Waals surface area (Å²) in [5.74, 6) is 0.193. The SMILES string of the molecule is CC(C)OC(=O)NC(Nc1ccc(S(=O)(=O)Nc2ccccn2)cc1)C(Cl)(Cl)Cl. The van der Waals surface area contributed by atoms with Crippen molar-refractivity contribution in [2.45, 2.75) is 34.8 Å². The number of carbonyl (C=O) groups is 1. The quantitative estimate of drug-likeness (QED) is 0.405. The minimum absolute atomic E-state index is 0.00585. The zero-order chi connectivity index (χ0) is 21.7. The molecule has 1 unspecified atom stereocenters. The zero-order valence-corrected chi connectivity index (χ0v) is 18.5. The second-order valence-electron chi connectivity index (χ2n) is 6.06. The number of sulfonamides is 1. The summed E-state index contributed by atoms with van der Waals surface area (Å²) in [6, 6.07) is 10.5. The molecule has 1 atom stereocenters. The molecule has 1 amide bonds. The highest BCUT2D eigenvalue weighted by Crippen LogP contribution is 2.31. The molecule has 158 valence electrons. The van der Waals surface area contributed by atoms with E-state index in [4.69, 9.17) is 39.5 Å². The molecule has 0 radical (unpaired) electrons. The van der Waals surface area contributed by atoms with Gasteiger partial charge >= 0.3 is 6.09 Å². The number of ether oxygens (including phenoxy) is 1. The van der Waals surface area contributed by atoms with Crippen LogP contribution in [0.15, 0.2) is 53.6 Å². The van der Waals surface area contributed by atoms with Gasteiger partial charge in [0.15, 0.2) is 0 Å². The van der Waals surface area contributed by atoms with Gasteiger partial charge in [0, 0.05) is 11.9 Å². The van der Waals surface area contributed by atoms with E-state index < -0.39 is 26.1 Å². The number of pyridine rings is 1. The third kappa shape index (κ3) is 7.43. The van der Waals surface area contributed by atoms with Crippen LogP contribution in [-0.2, 0) is 14.8 Å². The number of anilines is 2. The molecule has 12 heteroatoms. The van der Waals surface area contributed by atoms with Crippen molar-refractivity contribution >= 4 is 62.4 Å². The summed E-state index contributed by atoms with van der Waals surface area (Å²) in [7, 11) is -3.83. The average molecular weight is 482 g/mol. The van der Waals surface area contributed by atoms with Crippen molar-refractivity contribution in [3.8, 4) is 0 Å². The van der Waals surface area contributed by atoms with Gasteiger partial charge in [0.25, 0.3) is 10.0 Å². The lowest BCUT2D eigenvalue weighted by Crippen LogP contribution is -2.49. The smallest absolute Gasteiger partial charge is 0.409 e. The Morgan fingerprint density at radius 2 is 1.76 bits per heavy atom. The van der Waals surface area contributed by atoms with Crippen molar-refractivity contribution in [3.05, 3.63) is 48.7 Å². The molecule has 1 aromatic carbocycles. The summed E-state index contributed by atoms with van der Waals surface area (Å²) in [4.78, 5) is 15.7. The first-order valence-corrected chi connectivity index (χ1v) is 10.9. The number of alkyl carbamates (subject to hydrolysis) is 1. The summed E-state index contributed by atoms with van der Waals surface area (Å²) in [6.45, 7) is 3.35. The number of rotatable bonds is 7. The van der Waals surface area contributed by atoms with Gasteiger partial charge in [-0.15, -0.1) is 0 Å². The highest BCUT2D eigenvalue weighted by molar-refractivity contribution is 7.92. The maximum absolute atomic E-state index is 12.4. The fourth-order valence-electron chi connectivity index (χ4n) is 2.08. The van der Waals surface area contributed by atoms with Gasteiger partial charge in [0.05, 0.1) is 11.0 Å². The Morgan fingerprint density at radius 1 is 1.10 bits per heavy atom. The van der Waals surface area contributed by atoms with Gasteiger partial charge in [-0.05, 0) is 50.2 Å². The summed E-state index contributed by atoms with van der Waals surface area (Å²) < 4.78 is 30.3. The van der Waals surface area contributed by atoms with Crippen molar-refractivity contribution in [1.29, 1.82) is 0 Å². The molecule has 0 spiro atoms. The number of hydrogen-bond acceptors (Lipinski definition) is 6. The van der Waals surface area contributed by atoms with E-state index in [9.17, 15) is 13.2 Å². The molecule has 29 heavy (non-hydrogen) atoms. The largest absolute Gasteiger partial charge is 0.447 e. The van der Waals surface area contributed by atoms with E-state index >= 15 is 0 Å². The Balaban J connectivity index is 2.12. The predicted molar refractivity (Wildman–Crippen MR) is 114 cm³/mol. The van der Waals surface area contributed by atoms with Crippen molar-refractivity contribution in [3.63, 3.8) is 0 Å². The Kier molecular flexibility index (Phi) is 7.81. The van der Waals surface area contributed by atoms with Gasteiger partial charge in [-0.1, -0.05) is 40.9 Å². The number of halogens is 3. The highest BCUT2D eigenvalue weighted by atomic mass is 35.6. The van der Waals surface area contributed by atoms with E-state index in [0.717, 1.165) is 0 Å². The lowest BCUT2D eigenvalue weighted by Gasteiger charge is -2.27. The molecule has 0 aliphatic carbocycles. The van der Waals surface area contributed by atoms with E-state index in [1.54, 1.807) is 26.0 Å². The standard InChI is InChI=1S/C17H19Cl3N4O4S/c1-11(2)28-16(25)23-15(17(18,19)20)22-12-6-8-13(9-7-12)29(26,27)24-14-5-3-4-10-21-14/h3-11,15,22H,1-2H3,(H,21,24)(H,23,25). The zero-order valence-electron chi connectivity index (χ0n) is 15.4. The predicted octanol–water partition coefficient (Wildman–Crippen LogP) is 4.13. The van der Waals surface area contributed by atoms with Crippen molar-refractivity contribution < 1.29 is 17.9 Å². The van der Waals surface area contributed by atoms with Crippen LogP contribution in [0.4, 0.5) is 16.3 Å². The first-order chi connectivity index (χ1) is 13.5. The van der Waals surface area contributed by atoms with Gasteiger partial charge in [0.2, 0.25) is 3.79 Å². The van der Waals surface area contributed by atoms with Crippen LogP contribution in [0.1, 0.15) is 13.8 Å². The summed E-state index contributed by atoms with van der Waals surface area (Å²) in [6.07, 6.45) is -0.795. The first-order valence-electron chi connectivity index (χ1n) is 8.32. The molecule has 2 rings (SSSR count). The van der Waals surface area contributed by atoms with Crippen LogP contribution in [-0.4, -0.2) is 35.6 Å². The molecule has 0 saturated carbocycles. The molecule has 8 nitrogen and oxygen atoms in total. The van der Waals surface area contributed by atoms with Crippen LogP contribution < -0.4 is 15.4 Å². The first kappa shape index (κ1) is 23.3. The maximum Gasteiger partial charge on any atom is 0.409 e. The minimum Gasteiger partial charge on any atom is -0.447 e. The average Bonchev–Trinajstić information content (AvgIpc) is 2.60. The van der Waals surface area contributed by atoms with E-state index in [0.29, 0.717) is 5.69 Å². The summed E-state index contributed by atoms with van der Waals surface area (Å²) >= 11 is 17.7. The van der Waals surface area contributed by atoms with Crippen LogP contribution >= 0.6 is 34.8 Å². The second kappa shape index (κ2) is 9.71. The van der Waals surface area contributed by atoms with Crippen LogP contribution in [0.5, 0.6) is 0 Å². The lowest BCUT2D eigenvalue weighted by atomic mass is 10.3. The van der Waals surface area contributed by atoms with Gasteiger partial charge in [0.1, 0.15) is 12.0 Å². The molecule has 1 aromatic heterocycles. The number of nitrogens with zero attached hydrogens (tertiary/aromatic N) is 1. The molecular weight excluding hydrogens is 463 g/mol. The molecular formula is C17H19Cl3N4O4S. The molecule has 0 saturated heterocycles. The molecule has 3 N–H and O–H groups in total. The fraction of sp³-hybridized carbons (Fsp3) is 0.294. The van der Waals surface area contributed by atoms with Gasteiger partial charge in [-0.25, -0.2) is 18.2 Å². The Bertz CT molecular complexity index is 920. The number of benzene rings is 1. The molecule has 0 aliphatic rings. The second-order valence-corrected chi connectivity index (χ2v) is 10.1. The Labute approximate surface area is 183 Å². The molecule has 1 heterocycles. The number of amides is 1. The molecule has 0 aliphatic heterocycles. The third-order valence-corrected chi connectivity index (χ3v) is 5.34. The molecule has 0 fully saturated rings. The summed E-state index contributed by atoms with van der Waals surface area (Å²) in [5, 5.41) is 5.22. The monoisotopic (exact) mass is 480 g/mol. The van der Waals surface area contributed by atoms with Crippen molar-refractivity contribution in [2.75, 3.05) is 10.0 Å². The van der Waals surface area contributed by atoms with Crippen LogP contribution in [0.3, 0.4) is 0 Å². The van der Waals surface area contributed by atoms with E-state index in [2.05, 4.69) is 20.3 Å². The Hall–Kier alpha value is -1.94. The van der Waals surface area contributed by atoms with Crippen LogP contribution in [0.25, 0.3) is 0 Å². The van der Waals surface area contributed by atoms with Gasteiger partial charge in [-0.2, -0.15) is 0 Å². The lowest BCUT2D eigenvalue weighted by molar-refractivity contribution is 0.113. The van der Waals surface area contributed by atoms with Gasteiger partial charge in [-0.3, -0.25) is 10.0 Å². The molecule has 2 aromatic rings. The topological polar surface area (TPSA) is 109 Å². The van der Waals surface area contributed by atoms with Crippen molar-refractivity contribution in [1.82, 2.24) is 10.3 Å². The van der Waals surface area contributed by atoms with Crippen molar-refractivity contribution in [2.24, 2.45) is 0 Å². The number of nitrogens with one attached hydrogen (secondary N) is 3. The highest BCUT2D eigenvalue weighted by Gasteiger charge is 2.34. The summed E-state index contributed by atoms with van der Waals surface area (Å²) in [5.41, 5.74) is 0.406. The fourth-order valence-corrected chi connectivity index (χ4v) is 3.42. The number of aromatic nitrogens is 1.